The zero-order valence-electron chi connectivity index (χ0n) is 16.8. The Morgan fingerprint density at radius 3 is 2.64 bits per heavy atom. The van der Waals surface area contributed by atoms with Crippen LogP contribution in [-0.4, -0.2) is 48.3 Å². The molecule has 0 spiro atoms. The number of rotatable bonds is 7. The summed E-state index contributed by atoms with van der Waals surface area (Å²) in [7, 11) is 1.61. The molecule has 2 aliphatic rings. The van der Waals surface area contributed by atoms with Gasteiger partial charge in [-0.15, -0.1) is 0 Å². The predicted octanol–water partition coefficient (Wildman–Crippen LogP) is 1.29. The summed E-state index contributed by atoms with van der Waals surface area (Å²) in [5.41, 5.74) is 4.55. The van der Waals surface area contributed by atoms with E-state index in [1.54, 1.807) is 58.3 Å². The highest BCUT2D eigenvalue weighted by Gasteiger charge is 2.59. The van der Waals surface area contributed by atoms with Crippen molar-refractivity contribution in [1.29, 1.82) is 0 Å². The minimum absolute atomic E-state index is 0.140. The highest BCUT2D eigenvalue weighted by Crippen LogP contribution is 2.46. The minimum atomic E-state index is -0.995. The van der Waals surface area contributed by atoms with E-state index in [0.717, 1.165) is 6.29 Å². The van der Waals surface area contributed by atoms with E-state index in [4.69, 9.17) is 10.5 Å². The lowest BCUT2D eigenvalue weighted by molar-refractivity contribution is -0.135. The van der Waals surface area contributed by atoms with Gasteiger partial charge < -0.3 is 25.5 Å². The number of nitrogens with one attached hydrogen (secondary N) is 1. The third-order valence-electron chi connectivity index (χ3n) is 5.05. The van der Waals surface area contributed by atoms with Crippen LogP contribution >= 0.6 is 0 Å². The van der Waals surface area contributed by atoms with Gasteiger partial charge in [0.2, 0.25) is 11.8 Å². The van der Waals surface area contributed by atoms with Crippen molar-refractivity contribution in [2.75, 3.05) is 13.6 Å². The Hall–Kier alpha value is -2.67. The van der Waals surface area contributed by atoms with Gasteiger partial charge in [-0.1, -0.05) is 39.5 Å². The summed E-state index contributed by atoms with van der Waals surface area (Å²) < 4.78 is 6.00. The fourth-order valence-electron chi connectivity index (χ4n) is 3.34. The van der Waals surface area contributed by atoms with Crippen LogP contribution in [0.4, 0.5) is 0 Å². The third kappa shape index (κ3) is 4.25. The van der Waals surface area contributed by atoms with Crippen molar-refractivity contribution < 1.29 is 19.1 Å². The summed E-state index contributed by atoms with van der Waals surface area (Å²) in [5, 5.41) is 2.85. The van der Waals surface area contributed by atoms with Gasteiger partial charge >= 0.3 is 0 Å². The van der Waals surface area contributed by atoms with E-state index >= 15 is 0 Å². The van der Waals surface area contributed by atoms with Crippen LogP contribution < -0.4 is 11.1 Å². The first kappa shape index (κ1) is 21.6. The molecule has 1 saturated heterocycles. The highest BCUT2D eigenvalue weighted by atomic mass is 16.5. The Bertz CT molecular complexity index is 747. The second-order valence-corrected chi connectivity index (χ2v) is 8.18. The summed E-state index contributed by atoms with van der Waals surface area (Å²) in [4.78, 5) is 38.4. The Morgan fingerprint density at radius 2 is 2.07 bits per heavy atom. The summed E-state index contributed by atoms with van der Waals surface area (Å²) in [6.45, 7) is 9.12. The molecule has 2 heterocycles. The van der Waals surface area contributed by atoms with E-state index in [9.17, 15) is 14.4 Å². The molecule has 0 aromatic rings. The number of amides is 2. The predicted molar refractivity (Wildman–Crippen MR) is 107 cm³/mol. The van der Waals surface area contributed by atoms with Crippen LogP contribution in [-0.2, 0) is 19.1 Å². The molecule has 7 heteroatoms. The van der Waals surface area contributed by atoms with Gasteiger partial charge in [-0.25, -0.2) is 0 Å². The Kier molecular flexibility index (Phi) is 6.29. The maximum atomic E-state index is 12.9. The number of nitrogens with two attached hydrogens (primary N) is 1. The molecule has 0 aromatic carbocycles. The second-order valence-electron chi connectivity index (χ2n) is 8.18. The molecular weight excluding hydrogens is 358 g/mol. The Balaban J connectivity index is 2.14. The van der Waals surface area contributed by atoms with Crippen LogP contribution in [0.3, 0.4) is 0 Å². The topological polar surface area (TPSA) is 102 Å². The molecule has 4 atom stereocenters. The molecule has 3 N–H and O–H groups in total. The van der Waals surface area contributed by atoms with Gasteiger partial charge in [0.15, 0.2) is 0 Å². The summed E-state index contributed by atoms with van der Waals surface area (Å²) >= 11 is 0. The number of hydrogen-bond donors (Lipinski definition) is 2. The molecule has 0 saturated carbocycles. The number of ether oxygens (including phenoxy) is 1. The largest absolute Gasteiger partial charge is 0.399 e. The molecule has 7 nitrogen and oxygen atoms in total. The van der Waals surface area contributed by atoms with Crippen molar-refractivity contribution in [2.24, 2.45) is 23.0 Å². The van der Waals surface area contributed by atoms with Gasteiger partial charge in [-0.05, 0) is 18.2 Å². The number of hydrogen-bond acceptors (Lipinski definition) is 5. The number of nitrogens with zero attached hydrogens (tertiary/aromatic N) is 1. The molecule has 0 radical (unpaired) electrons. The summed E-state index contributed by atoms with van der Waals surface area (Å²) in [6, 6.07) is 0. The van der Waals surface area contributed by atoms with Crippen LogP contribution in [0.2, 0.25) is 0 Å². The average Bonchev–Trinajstić information content (AvgIpc) is 3.20. The SMILES string of the molecule is C=C/C(N)=C\C=C\N(C)C(=O)C1C2C=CC(CNC(=O)C(C)(C)C)(O2)C1C=O. The van der Waals surface area contributed by atoms with E-state index < -0.39 is 29.0 Å². The molecule has 2 bridgehead atoms. The van der Waals surface area contributed by atoms with E-state index in [2.05, 4.69) is 11.9 Å². The van der Waals surface area contributed by atoms with E-state index in [0.29, 0.717) is 5.70 Å². The van der Waals surface area contributed by atoms with Crippen molar-refractivity contribution >= 4 is 18.1 Å². The summed E-state index contributed by atoms with van der Waals surface area (Å²) in [5.74, 6) is -1.71. The standard InChI is InChI=1S/C21H29N3O4/c1-6-14(22)8-7-11-24(5)18(26)17-15(12-25)21(10-9-16(17)28-21)13-23-19(27)20(2,3)4/h6-12,15-17H,1,13,22H2,2-5H3,(H,23,27)/b11-7+,14-8+. The first-order valence-corrected chi connectivity index (χ1v) is 9.19. The highest BCUT2D eigenvalue weighted by molar-refractivity contribution is 5.86. The zero-order chi connectivity index (χ0) is 21.1. The minimum Gasteiger partial charge on any atom is -0.399 e. The first-order valence-electron chi connectivity index (χ1n) is 9.19. The molecule has 0 aromatic heterocycles. The van der Waals surface area contributed by atoms with E-state index in [1.165, 1.54) is 11.0 Å². The number of allylic oxidation sites excluding steroid dienone is 3. The smallest absolute Gasteiger partial charge is 0.233 e. The molecular formula is C21H29N3O4. The lowest BCUT2D eigenvalue weighted by atomic mass is 9.75. The van der Waals surface area contributed by atoms with Gasteiger partial charge in [0.05, 0.1) is 24.5 Å². The van der Waals surface area contributed by atoms with Crippen LogP contribution in [0.15, 0.2) is 48.9 Å². The quantitative estimate of drug-likeness (QED) is 0.389. The number of fused-ring (bicyclic) bond motifs is 2. The molecule has 0 aliphatic carbocycles. The van der Waals surface area contributed by atoms with Crippen molar-refractivity contribution in [3.05, 3.63) is 48.9 Å². The molecule has 2 rings (SSSR count). The van der Waals surface area contributed by atoms with Crippen molar-refractivity contribution in [1.82, 2.24) is 10.2 Å². The van der Waals surface area contributed by atoms with Gasteiger partial charge in [0.25, 0.3) is 0 Å². The molecule has 4 unspecified atom stereocenters. The Morgan fingerprint density at radius 1 is 1.39 bits per heavy atom. The molecule has 1 fully saturated rings. The van der Waals surface area contributed by atoms with Crippen molar-refractivity contribution in [2.45, 2.75) is 32.5 Å². The number of carbonyl (C=O) groups excluding carboxylic acids is 3. The number of aldehydes is 1. The van der Waals surface area contributed by atoms with E-state index in [-0.39, 0.29) is 18.4 Å². The van der Waals surface area contributed by atoms with E-state index in [1.807, 2.05) is 0 Å². The lowest BCUT2D eigenvalue weighted by Crippen LogP contribution is -2.50. The van der Waals surface area contributed by atoms with Gasteiger partial charge in [0.1, 0.15) is 11.9 Å². The van der Waals surface area contributed by atoms with Crippen LogP contribution in [0.5, 0.6) is 0 Å². The van der Waals surface area contributed by atoms with Gasteiger partial charge in [0, 0.05) is 24.4 Å². The third-order valence-corrected chi connectivity index (χ3v) is 5.05. The maximum Gasteiger partial charge on any atom is 0.233 e. The first-order chi connectivity index (χ1) is 13.1. The average molecular weight is 387 g/mol. The summed E-state index contributed by atoms with van der Waals surface area (Å²) in [6.07, 6.45) is 10.2. The van der Waals surface area contributed by atoms with Crippen molar-refractivity contribution in [3.8, 4) is 0 Å². The number of carbonyl (C=O) groups is 3. The molecule has 2 amide bonds. The second kappa shape index (κ2) is 8.14. The van der Waals surface area contributed by atoms with Crippen LogP contribution in [0, 0.1) is 17.3 Å². The Labute approximate surface area is 166 Å². The maximum absolute atomic E-state index is 12.9. The van der Waals surface area contributed by atoms with Gasteiger partial charge in [-0.2, -0.15) is 0 Å². The molecule has 152 valence electrons. The lowest BCUT2D eigenvalue weighted by Gasteiger charge is -2.31. The normalized spacial score (nSPS) is 29.1. The van der Waals surface area contributed by atoms with Gasteiger partial charge in [-0.3, -0.25) is 9.59 Å². The molecule has 28 heavy (non-hydrogen) atoms. The van der Waals surface area contributed by atoms with Crippen LogP contribution in [0.1, 0.15) is 20.8 Å². The zero-order valence-corrected chi connectivity index (χ0v) is 16.8. The fourth-order valence-corrected chi connectivity index (χ4v) is 3.34. The molecule has 2 aliphatic heterocycles. The van der Waals surface area contributed by atoms with Crippen molar-refractivity contribution in [3.63, 3.8) is 0 Å². The fraction of sp³-hybridized carbons (Fsp3) is 0.476. The monoisotopic (exact) mass is 387 g/mol. The van der Waals surface area contributed by atoms with Crippen LogP contribution in [0.25, 0.3) is 0 Å².